The SMILES string of the molecule is Cc1ccccc1[C@H]1C[C@H]1C(=O)N1CCC(C(=O)O)(c2ccccc2)CC1. The summed E-state index contributed by atoms with van der Waals surface area (Å²) in [6.45, 7) is 3.12. The summed E-state index contributed by atoms with van der Waals surface area (Å²) in [7, 11) is 0. The molecule has 1 heterocycles. The van der Waals surface area contributed by atoms with Crippen molar-refractivity contribution in [1.82, 2.24) is 4.90 Å². The summed E-state index contributed by atoms with van der Waals surface area (Å²) in [6.07, 6.45) is 1.85. The zero-order chi connectivity index (χ0) is 19.0. The van der Waals surface area contributed by atoms with Gasteiger partial charge < -0.3 is 10.0 Å². The molecule has 27 heavy (non-hydrogen) atoms. The molecule has 1 saturated carbocycles. The van der Waals surface area contributed by atoms with Gasteiger partial charge in [0.15, 0.2) is 0 Å². The van der Waals surface area contributed by atoms with Crippen LogP contribution in [0.4, 0.5) is 0 Å². The van der Waals surface area contributed by atoms with E-state index in [-0.39, 0.29) is 11.8 Å². The summed E-state index contributed by atoms with van der Waals surface area (Å²) >= 11 is 0. The normalized spacial score (nSPS) is 23.7. The molecule has 0 bridgehead atoms. The average Bonchev–Trinajstić information content (AvgIpc) is 3.49. The van der Waals surface area contributed by atoms with Crippen LogP contribution in [0.25, 0.3) is 0 Å². The monoisotopic (exact) mass is 363 g/mol. The predicted octanol–water partition coefficient (Wildman–Crippen LogP) is 3.74. The fraction of sp³-hybridized carbons (Fsp3) is 0.391. The predicted molar refractivity (Wildman–Crippen MR) is 104 cm³/mol. The highest BCUT2D eigenvalue weighted by Crippen LogP contribution is 2.50. The van der Waals surface area contributed by atoms with Crippen molar-refractivity contribution >= 4 is 11.9 Å². The molecule has 1 N–H and O–H groups in total. The van der Waals surface area contributed by atoms with E-state index in [4.69, 9.17) is 0 Å². The Labute approximate surface area is 159 Å². The Morgan fingerprint density at radius 1 is 1.00 bits per heavy atom. The Hall–Kier alpha value is -2.62. The van der Waals surface area contributed by atoms with Crippen LogP contribution in [-0.4, -0.2) is 35.0 Å². The molecule has 1 aliphatic heterocycles. The fourth-order valence-electron chi connectivity index (χ4n) is 4.54. The van der Waals surface area contributed by atoms with Gasteiger partial charge in [0.1, 0.15) is 0 Å². The van der Waals surface area contributed by atoms with Crippen LogP contribution in [0.15, 0.2) is 54.6 Å². The number of nitrogens with zero attached hydrogens (tertiary/aromatic N) is 1. The minimum atomic E-state index is -0.878. The van der Waals surface area contributed by atoms with Crippen LogP contribution in [0, 0.1) is 12.8 Å². The van der Waals surface area contributed by atoms with Gasteiger partial charge in [-0.05, 0) is 48.8 Å². The molecule has 2 aromatic rings. The molecule has 2 aliphatic rings. The molecule has 1 aliphatic carbocycles. The number of amides is 1. The first kappa shape index (κ1) is 17.8. The Bertz CT molecular complexity index is 853. The maximum absolute atomic E-state index is 13.0. The van der Waals surface area contributed by atoms with Crippen LogP contribution in [-0.2, 0) is 15.0 Å². The number of piperidine rings is 1. The van der Waals surface area contributed by atoms with E-state index in [0.717, 1.165) is 12.0 Å². The van der Waals surface area contributed by atoms with E-state index in [0.29, 0.717) is 31.8 Å². The third-order valence-corrected chi connectivity index (χ3v) is 6.36. The van der Waals surface area contributed by atoms with Crippen molar-refractivity contribution in [3.63, 3.8) is 0 Å². The van der Waals surface area contributed by atoms with Crippen LogP contribution in [0.5, 0.6) is 0 Å². The molecule has 4 nitrogen and oxygen atoms in total. The Morgan fingerprint density at radius 2 is 1.63 bits per heavy atom. The number of carbonyl (C=O) groups excluding carboxylic acids is 1. The lowest BCUT2D eigenvalue weighted by atomic mass is 9.73. The molecule has 2 aromatic carbocycles. The van der Waals surface area contributed by atoms with Crippen LogP contribution >= 0.6 is 0 Å². The molecule has 1 amide bonds. The number of aryl methyl sites for hydroxylation is 1. The van der Waals surface area contributed by atoms with Gasteiger partial charge in [-0.1, -0.05) is 54.6 Å². The van der Waals surface area contributed by atoms with Gasteiger partial charge in [-0.15, -0.1) is 0 Å². The summed E-state index contributed by atoms with van der Waals surface area (Å²) in [5, 5.41) is 9.91. The number of carboxylic acids is 1. The lowest BCUT2D eigenvalue weighted by Crippen LogP contribution is -2.49. The van der Waals surface area contributed by atoms with Crippen LogP contribution in [0.1, 0.15) is 41.9 Å². The highest BCUT2D eigenvalue weighted by Gasteiger charge is 2.49. The largest absolute Gasteiger partial charge is 0.481 e. The lowest BCUT2D eigenvalue weighted by Gasteiger charge is -2.39. The zero-order valence-electron chi connectivity index (χ0n) is 15.6. The topological polar surface area (TPSA) is 57.6 Å². The molecule has 0 spiro atoms. The molecule has 2 fully saturated rings. The maximum atomic E-state index is 13.0. The van der Waals surface area contributed by atoms with E-state index < -0.39 is 11.4 Å². The summed E-state index contributed by atoms with van der Waals surface area (Å²) < 4.78 is 0. The van der Waals surface area contributed by atoms with Crippen LogP contribution in [0.2, 0.25) is 0 Å². The zero-order valence-corrected chi connectivity index (χ0v) is 15.6. The third-order valence-electron chi connectivity index (χ3n) is 6.36. The van der Waals surface area contributed by atoms with Crippen LogP contribution in [0.3, 0.4) is 0 Å². The van der Waals surface area contributed by atoms with Crippen molar-refractivity contribution in [3.8, 4) is 0 Å². The molecule has 4 rings (SSSR count). The first-order chi connectivity index (χ1) is 13.0. The summed E-state index contributed by atoms with van der Waals surface area (Å²) in [5.41, 5.74) is 2.48. The van der Waals surface area contributed by atoms with Crippen LogP contribution < -0.4 is 0 Å². The number of aliphatic carboxylic acids is 1. The van der Waals surface area contributed by atoms with E-state index >= 15 is 0 Å². The molecule has 0 unspecified atom stereocenters. The minimum absolute atomic E-state index is 0.0557. The van der Waals surface area contributed by atoms with E-state index in [2.05, 4.69) is 19.1 Å². The fourth-order valence-corrected chi connectivity index (χ4v) is 4.54. The van der Waals surface area contributed by atoms with Gasteiger partial charge in [0.25, 0.3) is 0 Å². The molecular weight excluding hydrogens is 338 g/mol. The average molecular weight is 363 g/mol. The second-order valence-corrected chi connectivity index (χ2v) is 7.88. The number of benzene rings is 2. The second-order valence-electron chi connectivity index (χ2n) is 7.88. The van der Waals surface area contributed by atoms with Gasteiger partial charge in [-0.2, -0.15) is 0 Å². The second kappa shape index (κ2) is 6.84. The Kier molecular flexibility index (Phi) is 4.50. The molecule has 140 valence electrons. The maximum Gasteiger partial charge on any atom is 0.314 e. The van der Waals surface area contributed by atoms with E-state index in [1.165, 1.54) is 11.1 Å². The highest BCUT2D eigenvalue weighted by molar-refractivity contribution is 5.85. The smallest absolute Gasteiger partial charge is 0.314 e. The van der Waals surface area contributed by atoms with Gasteiger partial charge in [-0.3, -0.25) is 9.59 Å². The van der Waals surface area contributed by atoms with Gasteiger partial charge in [-0.25, -0.2) is 0 Å². The first-order valence-electron chi connectivity index (χ1n) is 9.66. The molecule has 1 saturated heterocycles. The van der Waals surface area contributed by atoms with Crippen molar-refractivity contribution in [2.75, 3.05) is 13.1 Å². The van der Waals surface area contributed by atoms with E-state index in [9.17, 15) is 14.7 Å². The number of hydrogen-bond donors (Lipinski definition) is 1. The van der Waals surface area contributed by atoms with Gasteiger partial charge in [0, 0.05) is 19.0 Å². The summed E-state index contributed by atoms with van der Waals surface area (Å²) in [5.74, 6) is -0.223. The molecule has 0 radical (unpaired) electrons. The minimum Gasteiger partial charge on any atom is -0.481 e. The van der Waals surface area contributed by atoms with Crippen molar-refractivity contribution in [2.45, 2.75) is 37.5 Å². The molecule has 0 aromatic heterocycles. The standard InChI is InChI=1S/C23H25NO3/c1-16-7-5-6-10-18(16)19-15-20(19)21(25)24-13-11-23(12-14-24,22(26)27)17-8-3-2-4-9-17/h2-10,19-20H,11-15H2,1H3,(H,26,27)/t19-,20-/m1/s1. The Balaban J connectivity index is 1.44. The molecule has 4 heteroatoms. The summed E-state index contributed by atoms with van der Waals surface area (Å²) in [6, 6.07) is 17.7. The number of likely N-dealkylation sites (tertiary alicyclic amines) is 1. The summed E-state index contributed by atoms with van der Waals surface area (Å²) in [4.78, 5) is 26.9. The number of hydrogen-bond acceptors (Lipinski definition) is 2. The van der Waals surface area contributed by atoms with Crippen molar-refractivity contribution in [2.24, 2.45) is 5.92 Å². The molecule has 2 atom stereocenters. The number of carboxylic acid groups (broad SMARTS) is 1. The lowest BCUT2D eigenvalue weighted by molar-refractivity contribution is -0.148. The van der Waals surface area contributed by atoms with Gasteiger partial charge in [0.05, 0.1) is 5.41 Å². The highest BCUT2D eigenvalue weighted by atomic mass is 16.4. The Morgan fingerprint density at radius 3 is 2.26 bits per heavy atom. The third kappa shape index (κ3) is 3.14. The number of carbonyl (C=O) groups is 2. The van der Waals surface area contributed by atoms with Crippen molar-refractivity contribution in [3.05, 3.63) is 71.3 Å². The van der Waals surface area contributed by atoms with Crippen molar-refractivity contribution < 1.29 is 14.7 Å². The van der Waals surface area contributed by atoms with Gasteiger partial charge >= 0.3 is 5.97 Å². The van der Waals surface area contributed by atoms with Crippen molar-refractivity contribution in [1.29, 1.82) is 0 Å². The first-order valence-corrected chi connectivity index (χ1v) is 9.66. The molecular formula is C23H25NO3. The van der Waals surface area contributed by atoms with E-state index in [1.54, 1.807) is 0 Å². The van der Waals surface area contributed by atoms with Gasteiger partial charge in [0.2, 0.25) is 5.91 Å². The quantitative estimate of drug-likeness (QED) is 0.900. The van der Waals surface area contributed by atoms with E-state index in [1.807, 2.05) is 47.4 Å². The number of rotatable bonds is 4.